The van der Waals surface area contributed by atoms with E-state index < -0.39 is 63.2 Å². The smallest absolute Gasteiger partial charge is 0.307 e. The van der Waals surface area contributed by atoms with Crippen molar-refractivity contribution in [3.8, 4) is 0 Å². The third-order valence-electron chi connectivity index (χ3n) is 29.1. The maximum absolute atomic E-state index is 12.3. The Balaban J connectivity index is 0. The van der Waals surface area contributed by atoms with Crippen LogP contribution in [0.15, 0.2) is 25.3 Å². The second kappa shape index (κ2) is 76.0. The monoisotopic (exact) mass is 2070 g/mol. The molecule has 29 nitrogen and oxygen atoms in total. The molecule has 0 atom stereocenters. The SMILES string of the molecule is C.C1CCOC1.C=CCC1(O)CCC(CC(=O)OC)(NC(=O)CCCCC)CC1.C=C[CH2][Sn]([CH2]CCC)([CH2]CCC)[CH2]CCC.CCCCCC(=O)NC1(CC(=O)NO)CCC2(CCCO2)CC1.CCCCCC(=O)NC1(CC(=O)OC)CCC(=O)CC1.CCCCCC(=O)NC1(CC(=O)OC)CCC(O)(CCCO)CC1.CCCCCC(=O)NC1(CC(=O)OC)CCC2(CCCO2)CC1.CO.[BH]. The second-order valence-electron chi connectivity index (χ2n) is 40.4. The van der Waals surface area contributed by atoms with E-state index in [-0.39, 0.29) is 125 Å². The average Bonchev–Trinajstić information content (AvgIpc) is 1.54. The molecule has 0 aromatic carbocycles. The molecular weight excluding hydrogens is 1870 g/mol. The summed E-state index contributed by atoms with van der Waals surface area (Å²) in [4.78, 5) is 131. The Hall–Kier alpha value is -5.61. The van der Waals surface area contributed by atoms with Gasteiger partial charge < -0.3 is 80.2 Å². The number of allylic oxidation sites excluding steroid dienone is 1. The zero-order chi connectivity index (χ0) is 102. The third kappa shape index (κ3) is 55.5. The Morgan fingerprint density at radius 3 is 0.891 bits per heavy atom. The van der Waals surface area contributed by atoms with Crippen molar-refractivity contribution in [3.05, 3.63) is 25.3 Å². The summed E-state index contributed by atoms with van der Waals surface area (Å²) in [6.07, 6.45) is 52.1. The minimum atomic E-state index is -1.78. The van der Waals surface area contributed by atoms with Crippen LogP contribution in [-0.2, 0) is 85.9 Å². The third-order valence-corrected chi connectivity index (χ3v) is 44.5. The Morgan fingerprint density at radius 2 is 0.652 bits per heavy atom. The molecule has 0 aromatic rings. The number of carbonyl (C=O) groups excluding carboxylic acids is 11. The number of Topliss-reactive ketones (excluding diaryl/α,β-unsaturated/α-hetero) is 1. The van der Waals surface area contributed by atoms with E-state index in [1.165, 1.54) is 84.2 Å². The maximum Gasteiger partial charge on any atom is 0.307 e. The number of nitrogens with one attached hydrogen (secondary N) is 6. The summed E-state index contributed by atoms with van der Waals surface area (Å²) in [6, 6.07) is 0. The van der Waals surface area contributed by atoms with Gasteiger partial charge in [-0.05, 0) is 205 Å². The van der Waals surface area contributed by atoms with E-state index >= 15 is 0 Å². The van der Waals surface area contributed by atoms with Gasteiger partial charge >= 0.3 is 132 Å². The van der Waals surface area contributed by atoms with Gasteiger partial charge in [0.1, 0.15) is 5.78 Å². The van der Waals surface area contributed by atoms with Crippen molar-refractivity contribution in [2.45, 2.75) is 516 Å². The van der Waals surface area contributed by atoms with Gasteiger partial charge in [-0.3, -0.25) is 57.9 Å². The number of hydroxylamine groups is 1. The molecule has 8 aliphatic rings. The van der Waals surface area contributed by atoms with Gasteiger partial charge in [0.15, 0.2) is 0 Å². The molecule has 5 saturated carbocycles. The first-order chi connectivity index (χ1) is 65.1. The molecule has 802 valence electrons. The minimum Gasteiger partial charge on any atom is -0.469 e. The zero-order valence-electron chi connectivity index (χ0n) is 88.2. The standard InChI is InChI=1S/C18H33NO5.2C18H31NO4.C17H30N2O4.C15H25NO4.C4H8O.3C4H9.C3H5.CH4O.CH4.BH.Sn/c1-3-4-5-7-15(21)19-17(14-16(22)24-2)9-11-18(23,12-10-17)8-6-13-20;1-3-4-5-7-15(20)19-17(14-16(21)22-2)9-11-18(12-10-17)8-6-13-23-18;1-4-6-7-8-15(20)19-17(14-16(21)23-3)10-12-18(22,9-5-2)13-11-17;1-2-3-4-6-14(20)18-16(13-15(21)19-22)8-10-17(11-9-16)7-5-12-23-17;1-3-4-5-6-13(18)16-15(11-14(19)20-2)9-7-12(17)8-10-15;1-2-4-5-3-1;3*1-3-4-2;1-3-2;1-2;;;/h20,23H,3-14H2,1-2H3,(H,19,21);3-14H2,1-2H3,(H,19,20);5,22H,2,4,6-14H2,1,3H3,(H,19,20);22H,2-13H2,1H3,(H,18,20)(H,19,21);3-11H2,1-2H3,(H,16,18);1-4H2;3*1,3-4H2,2H3;3H,1-2H2;2H,1H3;1H4;1H;. The van der Waals surface area contributed by atoms with Crippen LogP contribution >= 0.6 is 0 Å². The van der Waals surface area contributed by atoms with Crippen molar-refractivity contribution in [2.75, 3.05) is 68.6 Å². The first kappa shape index (κ1) is 134. The van der Waals surface area contributed by atoms with Crippen LogP contribution in [-0.4, -0.2) is 236 Å². The Kier molecular flexibility index (Phi) is 74.1. The molecule has 3 saturated heterocycles. The number of ether oxygens (including phenoxy) is 7. The molecule has 8 fully saturated rings. The summed E-state index contributed by atoms with van der Waals surface area (Å²) in [6.45, 7) is 28.9. The minimum absolute atomic E-state index is 0. The van der Waals surface area contributed by atoms with Gasteiger partial charge in [-0.15, -0.1) is 6.58 Å². The van der Waals surface area contributed by atoms with E-state index in [0.717, 1.165) is 207 Å². The Morgan fingerprint density at radius 1 is 0.370 bits per heavy atom. The fourth-order valence-corrected chi connectivity index (χ4v) is 35.4. The van der Waals surface area contributed by atoms with Crippen molar-refractivity contribution in [1.29, 1.82) is 0 Å². The van der Waals surface area contributed by atoms with E-state index in [4.69, 9.17) is 48.6 Å². The number of esters is 4. The number of ketones is 1. The van der Waals surface area contributed by atoms with Gasteiger partial charge in [0.05, 0.1) is 105 Å². The first-order valence-electron chi connectivity index (χ1n) is 52.9. The van der Waals surface area contributed by atoms with Crippen molar-refractivity contribution >= 4 is 91.9 Å². The van der Waals surface area contributed by atoms with Gasteiger partial charge in [0.25, 0.3) is 0 Å². The predicted octanol–water partition coefficient (Wildman–Crippen LogP) is 19.0. The Bertz CT molecular complexity index is 3220. The van der Waals surface area contributed by atoms with Gasteiger partial charge in [-0.1, -0.05) is 112 Å². The number of hydrogen-bond acceptors (Lipinski definition) is 23. The zero-order valence-corrected chi connectivity index (χ0v) is 91.0. The molecule has 11 N–H and O–H groups in total. The molecule has 2 spiro atoms. The normalized spacial score (nSPS) is 24.1. The van der Waals surface area contributed by atoms with Crippen LogP contribution < -0.4 is 32.1 Å². The largest absolute Gasteiger partial charge is 0.469 e. The van der Waals surface area contributed by atoms with Gasteiger partial charge in [-0.2, -0.15) is 0 Å². The van der Waals surface area contributed by atoms with Gasteiger partial charge in [0, 0.05) is 99.0 Å². The predicted molar refractivity (Wildman–Crippen MR) is 552 cm³/mol. The molecule has 0 unspecified atom stereocenters. The molecule has 2 radical (unpaired) electrons. The molecule has 31 heteroatoms. The van der Waals surface area contributed by atoms with Crippen LogP contribution in [0, 0.1) is 0 Å². The van der Waals surface area contributed by atoms with E-state index in [2.05, 4.69) is 101 Å². The molecule has 8 rings (SSSR count). The van der Waals surface area contributed by atoms with Crippen LogP contribution in [0.4, 0.5) is 0 Å². The molecule has 3 heterocycles. The number of aliphatic hydroxyl groups is 4. The number of rotatable bonds is 51. The summed E-state index contributed by atoms with van der Waals surface area (Å²) < 4.78 is 42.3. The van der Waals surface area contributed by atoms with Gasteiger partial charge in [0.2, 0.25) is 35.4 Å². The van der Waals surface area contributed by atoms with Crippen LogP contribution in [0.25, 0.3) is 0 Å². The van der Waals surface area contributed by atoms with Crippen LogP contribution in [0.3, 0.4) is 0 Å². The molecule has 6 amide bonds. The quantitative estimate of drug-likeness (QED) is 0.00512. The van der Waals surface area contributed by atoms with E-state index in [0.29, 0.717) is 128 Å². The summed E-state index contributed by atoms with van der Waals surface area (Å²) in [5.41, 5.74) is -2.74. The summed E-state index contributed by atoms with van der Waals surface area (Å²) >= 11 is -1.78. The topological polar surface area (TPSA) is 426 Å². The number of hydrogen-bond donors (Lipinski definition) is 11. The van der Waals surface area contributed by atoms with Crippen molar-refractivity contribution < 1.29 is 112 Å². The van der Waals surface area contributed by atoms with E-state index in [1.54, 1.807) is 24.9 Å². The maximum atomic E-state index is 12.3. The summed E-state index contributed by atoms with van der Waals surface area (Å²) in [5.74, 6) is -1.51. The van der Waals surface area contributed by atoms with Crippen LogP contribution in [0.5, 0.6) is 0 Å². The average molecular weight is 2070 g/mol. The van der Waals surface area contributed by atoms with Crippen LogP contribution in [0.2, 0.25) is 17.7 Å². The van der Waals surface area contributed by atoms with E-state index in [1.807, 2.05) is 0 Å². The fraction of sp³-hybridized carbons (Fsp3) is 0.860. The molecule has 3 aliphatic heterocycles. The van der Waals surface area contributed by atoms with Crippen molar-refractivity contribution in [3.63, 3.8) is 0 Å². The van der Waals surface area contributed by atoms with Crippen LogP contribution in [0.1, 0.15) is 448 Å². The number of amides is 6. The Labute approximate surface area is 840 Å². The molecule has 138 heavy (non-hydrogen) atoms. The van der Waals surface area contributed by atoms with E-state index in [9.17, 15) is 63.0 Å². The number of carbonyl (C=O) groups is 11. The number of methoxy groups -OCH3 is 4. The fourth-order valence-electron chi connectivity index (χ4n) is 20.3. The molecule has 0 aromatic heterocycles. The second-order valence-corrected chi connectivity index (χ2v) is 54.4. The van der Waals surface area contributed by atoms with Crippen molar-refractivity contribution in [2.24, 2.45) is 0 Å². The number of unbranched alkanes of at least 4 members (excludes halogenated alkanes) is 13. The summed E-state index contributed by atoms with van der Waals surface area (Å²) in [5, 5.41) is 61.3. The van der Waals surface area contributed by atoms with Crippen molar-refractivity contribution in [1.82, 2.24) is 32.1 Å². The van der Waals surface area contributed by atoms with Gasteiger partial charge in [-0.25, -0.2) is 5.48 Å². The first-order valence-corrected chi connectivity index (χ1v) is 61.0. The molecule has 5 aliphatic carbocycles. The molecular formula is C107H199BN6O23Sn. The summed E-state index contributed by atoms with van der Waals surface area (Å²) in [7, 11) is 6.45. The number of aliphatic hydroxyl groups excluding tert-OH is 2. The molecule has 0 bridgehead atoms.